The fraction of sp³-hybridized carbons (Fsp3) is 0.0800. The summed E-state index contributed by atoms with van der Waals surface area (Å²) < 4.78 is 88.0. The molecule has 0 spiro atoms. The Morgan fingerprint density at radius 3 is 1.54 bits per heavy atom. The maximum absolute atomic E-state index is 14.5. The van der Waals surface area contributed by atoms with Crippen molar-refractivity contribution in [2.75, 3.05) is 0 Å². The lowest BCUT2D eigenvalue weighted by molar-refractivity contribution is -0.138. The molecule has 0 saturated carbocycles. The molecule has 0 bridgehead atoms. The van der Waals surface area contributed by atoms with Gasteiger partial charge in [-0.15, -0.1) is 0 Å². The number of hydrogen-bond acceptors (Lipinski definition) is 2. The van der Waals surface area contributed by atoms with E-state index < -0.39 is 23.5 Å². The Balaban J connectivity index is 1.44. The molecule has 9 heteroatoms. The molecule has 0 saturated heterocycles. The summed E-state index contributed by atoms with van der Waals surface area (Å²) in [6, 6.07) is 47.0. The highest BCUT2D eigenvalue weighted by molar-refractivity contribution is 6.11. The lowest BCUT2D eigenvalue weighted by atomic mass is 9.90. The first-order valence-electron chi connectivity index (χ1n) is 18.9. The molecule has 0 atom stereocenters. The van der Waals surface area contributed by atoms with Crippen molar-refractivity contribution in [2.24, 2.45) is 0 Å². The van der Waals surface area contributed by atoms with Gasteiger partial charge in [0, 0.05) is 38.6 Å². The van der Waals surface area contributed by atoms with Gasteiger partial charge in [0.25, 0.3) is 0 Å². The molecule has 0 fully saturated rings. The Labute approximate surface area is 335 Å². The molecule has 0 aliphatic carbocycles. The van der Waals surface area contributed by atoms with Gasteiger partial charge in [0.2, 0.25) is 0 Å². The van der Waals surface area contributed by atoms with E-state index >= 15 is 0 Å². The highest BCUT2D eigenvalue weighted by Crippen LogP contribution is 2.46. The third kappa shape index (κ3) is 7.14. The third-order valence-corrected chi connectivity index (χ3v) is 10.5. The van der Waals surface area contributed by atoms with E-state index in [1.807, 2.05) is 140 Å². The lowest BCUT2D eigenvalue weighted by Gasteiger charge is -2.22. The molecule has 9 aromatic rings. The van der Waals surface area contributed by atoms with E-state index in [9.17, 15) is 26.3 Å². The van der Waals surface area contributed by atoms with Gasteiger partial charge in [-0.3, -0.25) is 0 Å². The maximum Gasteiger partial charge on any atom is 0.416 e. The molecule has 0 aliphatic heterocycles. The molecule has 0 unspecified atom stereocenters. The molecule has 9 rings (SSSR count). The van der Waals surface area contributed by atoms with Crippen molar-refractivity contribution in [3.8, 4) is 61.8 Å². The van der Waals surface area contributed by atoms with Crippen LogP contribution in [0.1, 0.15) is 22.3 Å². The second-order valence-electron chi connectivity index (χ2n) is 14.6. The summed E-state index contributed by atoms with van der Waals surface area (Å²) in [6.07, 6.45) is -9.24. The van der Waals surface area contributed by atoms with Gasteiger partial charge >= 0.3 is 12.4 Å². The van der Waals surface area contributed by atoms with Crippen LogP contribution in [0.25, 0.3) is 83.6 Å². The summed E-state index contributed by atoms with van der Waals surface area (Å²) in [4.78, 5) is 10.0. The van der Waals surface area contributed by atoms with Crippen molar-refractivity contribution >= 4 is 21.8 Å². The number of halogens is 6. The zero-order chi connectivity index (χ0) is 41.1. The quantitative estimate of drug-likeness (QED) is 0.157. The Morgan fingerprint density at radius 1 is 0.407 bits per heavy atom. The predicted octanol–water partition coefficient (Wildman–Crippen LogP) is 14.6. The van der Waals surface area contributed by atoms with Crippen molar-refractivity contribution in [3.63, 3.8) is 0 Å². The van der Waals surface area contributed by atoms with Gasteiger partial charge in [0.05, 0.1) is 39.2 Å². The van der Waals surface area contributed by atoms with Crippen molar-refractivity contribution in [3.05, 3.63) is 186 Å². The van der Waals surface area contributed by atoms with Crippen LogP contribution in [0, 0.1) is 13.8 Å². The number of fused-ring (bicyclic) bond motifs is 3. The van der Waals surface area contributed by atoms with E-state index in [1.165, 1.54) is 12.1 Å². The first-order valence-corrected chi connectivity index (χ1v) is 18.9. The zero-order valence-electron chi connectivity index (χ0n) is 31.7. The highest BCUT2D eigenvalue weighted by Gasteiger charge is 2.33. The van der Waals surface area contributed by atoms with Crippen LogP contribution in [-0.2, 0) is 12.4 Å². The molecule has 2 aromatic heterocycles. The Hall–Kier alpha value is -7.00. The standard InChI is InChI=1S/C50H33F6N3/c1-30-11-9-16-34(23-30)39-26-36(44-29-43(32-12-5-3-6-13-32)57-48(58-44)33-14-7-4-8-15-33)27-40(35-17-10-18-37(25-35)49(51,52)53)47(39)59-45-21-19-31(2)24-41(45)42-28-38(50(54,55)56)20-22-46(42)59/h3-29H,1-2H3. The van der Waals surface area contributed by atoms with Crippen molar-refractivity contribution in [2.45, 2.75) is 26.2 Å². The number of nitrogens with zero attached hydrogens (tertiary/aromatic N) is 3. The molecule has 0 radical (unpaired) electrons. The van der Waals surface area contributed by atoms with E-state index in [-0.39, 0.29) is 5.56 Å². The zero-order valence-corrected chi connectivity index (χ0v) is 31.7. The van der Waals surface area contributed by atoms with Crippen molar-refractivity contribution in [1.82, 2.24) is 14.5 Å². The average molecular weight is 790 g/mol. The van der Waals surface area contributed by atoms with E-state index in [1.54, 1.807) is 6.07 Å². The van der Waals surface area contributed by atoms with Crippen LogP contribution in [0.2, 0.25) is 0 Å². The summed E-state index contributed by atoms with van der Waals surface area (Å²) in [5.74, 6) is 0.460. The van der Waals surface area contributed by atoms with Crippen LogP contribution in [0.5, 0.6) is 0 Å². The van der Waals surface area contributed by atoms with Gasteiger partial charge < -0.3 is 4.57 Å². The minimum atomic E-state index is -4.65. The molecular weight excluding hydrogens is 757 g/mol. The second-order valence-corrected chi connectivity index (χ2v) is 14.6. The molecule has 0 amide bonds. The summed E-state index contributed by atoms with van der Waals surface area (Å²) in [5.41, 5.74) is 7.19. The van der Waals surface area contributed by atoms with E-state index in [2.05, 4.69) is 0 Å². The third-order valence-electron chi connectivity index (χ3n) is 10.5. The molecule has 0 aliphatic rings. The first kappa shape index (κ1) is 37.6. The number of alkyl halides is 6. The highest BCUT2D eigenvalue weighted by atomic mass is 19.4. The Bertz CT molecular complexity index is 2980. The normalized spacial score (nSPS) is 12.1. The van der Waals surface area contributed by atoms with Gasteiger partial charge in [0.15, 0.2) is 5.82 Å². The van der Waals surface area contributed by atoms with Crippen molar-refractivity contribution < 1.29 is 26.3 Å². The SMILES string of the molecule is Cc1cccc(-c2cc(-c3cc(-c4ccccc4)nc(-c4ccccc4)n3)cc(-c3cccc(C(F)(F)F)c3)c2-n2c3ccc(C)cc3c3cc(C(F)(F)F)ccc32)c1. The number of aromatic nitrogens is 3. The smallest absolute Gasteiger partial charge is 0.308 e. The largest absolute Gasteiger partial charge is 0.416 e. The average Bonchev–Trinajstić information content (AvgIpc) is 3.55. The van der Waals surface area contributed by atoms with E-state index in [0.717, 1.165) is 52.1 Å². The first-order chi connectivity index (χ1) is 28.3. The molecule has 7 aromatic carbocycles. The van der Waals surface area contributed by atoms with Gasteiger partial charge in [0.1, 0.15) is 0 Å². The van der Waals surface area contributed by atoms with Gasteiger partial charge in [-0.1, -0.05) is 114 Å². The van der Waals surface area contributed by atoms with E-state index in [0.29, 0.717) is 61.4 Å². The van der Waals surface area contributed by atoms with Crippen LogP contribution in [0.3, 0.4) is 0 Å². The van der Waals surface area contributed by atoms with Gasteiger partial charge in [-0.25, -0.2) is 9.97 Å². The minimum absolute atomic E-state index is 0.264. The topological polar surface area (TPSA) is 30.7 Å². The van der Waals surface area contributed by atoms with Crippen LogP contribution in [0.4, 0.5) is 26.3 Å². The van der Waals surface area contributed by atoms with Crippen molar-refractivity contribution in [1.29, 1.82) is 0 Å². The Morgan fingerprint density at radius 2 is 0.915 bits per heavy atom. The number of hydrogen-bond donors (Lipinski definition) is 0. The summed E-state index contributed by atoms with van der Waals surface area (Å²) in [5, 5.41) is 0.944. The Kier molecular flexibility index (Phi) is 9.19. The molecule has 290 valence electrons. The van der Waals surface area contributed by atoms with Crippen LogP contribution < -0.4 is 0 Å². The summed E-state index contributed by atoms with van der Waals surface area (Å²) in [6.45, 7) is 3.82. The lowest BCUT2D eigenvalue weighted by Crippen LogP contribution is -2.06. The van der Waals surface area contributed by atoms with Crippen LogP contribution >= 0.6 is 0 Å². The predicted molar refractivity (Wildman–Crippen MR) is 223 cm³/mol. The summed E-state index contributed by atoms with van der Waals surface area (Å²) in [7, 11) is 0. The van der Waals surface area contributed by atoms with Crippen LogP contribution in [-0.4, -0.2) is 14.5 Å². The fourth-order valence-electron chi connectivity index (χ4n) is 7.76. The molecular formula is C50H33F6N3. The van der Waals surface area contributed by atoms with E-state index in [4.69, 9.17) is 9.97 Å². The van der Waals surface area contributed by atoms with Crippen LogP contribution in [0.15, 0.2) is 164 Å². The number of rotatable bonds is 6. The fourth-order valence-corrected chi connectivity index (χ4v) is 7.76. The molecule has 0 N–H and O–H groups in total. The monoisotopic (exact) mass is 789 g/mol. The molecule has 2 heterocycles. The maximum atomic E-state index is 14.5. The van der Waals surface area contributed by atoms with Gasteiger partial charge in [-0.05, 0) is 85.6 Å². The summed E-state index contributed by atoms with van der Waals surface area (Å²) >= 11 is 0. The molecule has 59 heavy (non-hydrogen) atoms. The number of benzene rings is 7. The van der Waals surface area contributed by atoms with Gasteiger partial charge in [-0.2, -0.15) is 26.3 Å². The molecule has 3 nitrogen and oxygen atoms in total. The second kappa shape index (κ2) is 14.4. The minimum Gasteiger partial charge on any atom is -0.308 e. The number of aryl methyl sites for hydroxylation is 2.